The van der Waals surface area contributed by atoms with Crippen LogP contribution in [0.15, 0.2) is 79.0 Å². The highest BCUT2D eigenvalue weighted by Crippen LogP contribution is 2.23. The van der Waals surface area contributed by atoms with Crippen molar-refractivity contribution in [3.8, 4) is 28.4 Å². The number of hydroxylamine groups is 1. The second kappa shape index (κ2) is 7.24. The van der Waals surface area contributed by atoms with Crippen LogP contribution in [-0.2, 0) is 0 Å². The maximum atomic E-state index is 9.11. The van der Waals surface area contributed by atoms with Crippen molar-refractivity contribution in [2.75, 3.05) is 0 Å². The van der Waals surface area contributed by atoms with Crippen molar-refractivity contribution in [3.05, 3.63) is 84.6 Å². The quantitative estimate of drug-likeness (QED) is 0.625. The number of phenols is 2. The highest BCUT2D eigenvalue weighted by molar-refractivity contribution is 5.64. The summed E-state index contributed by atoms with van der Waals surface area (Å²) in [7, 11) is 0. The summed E-state index contributed by atoms with van der Waals surface area (Å²) >= 11 is 0. The minimum Gasteiger partial charge on any atom is -0.508 e. The van der Waals surface area contributed by atoms with Crippen LogP contribution in [0.25, 0.3) is 17.2 Å². The third-order valence-corrected chi connectivity index (χ3v) is 3.49. The lowest BCUT2D eigenvalue weighted by molar-refractivity contribution is 0.239. The first-order valence-corrected chi connectivity index (χ1v) is 7.49. The van der Waals surface area contributed by atoms with Crippen LogP contribution >= 0.6 is 0 Å². The standard InChI is InChI=1S/C12H10O2.C8H7NO/c13-11-5-1-9(2-6-11)10-3-7-12(14)8-4-10;1-2-4-8-7(3-1)5-6-9-10-8/h1-8,13-14H;1-6,9H. The average Bonchev–Trinajstić information content (AvgIpc) is 2.64. The van der Waals surface area contributed by atoms with E-state index in [0.717, 1.165) is 22.4 Å². The fourth-order valence-electron chi connectivity index (χ4n) is 2.24. The summed E-state index contributed by atoms with van der Waals surface area (Å²) in [5.74, 6) is 1.39. The zero-order valence-corrected chi connectivity index (χ0v) is 12.9. The maximum absolute atomic E-state index is 9.11. The van der Waals surface area contributed by atoms with Gasteiger partial charge >= 0.3 is 0 Å². The Morgan fingerprint density at radius 2 is 1.21 bits per heavy atom. The highest BCUT2D eigenvalue weighted by atomic mass is 16.6. The number of para-hydroxylation sites is 1. The van der Waals surface area contributed by atoms with Crippen LogP contribution in [-0.4, -0.2) is 10.2 Å². The van der Waals surface area contributed by atoms with Gasteiger partial charge in [-0.25, -0.2) is 5.48 Å². The molecule has 4 heteroatoms. The molecule has 3 N–H and O–H groups in total. The molecule has 0 fully saturated rings. The number of rotatable bonds is 1. The summed E-state index contributed by atoms with van der Waals surface area (Å²) in [4.78, 5) is 5.09. The van der Waals surface area contributed by atoms with Gasteiger partial charge in [0, 0.05) is 11.8 Å². The molecular formula is C20H17NO3. The number of nitrogens with one attached hydrogen (secondary N) is 1. The summed E-state index contributed by atoms with van der Waals surface area (Å²) in [5.41, 5.74) is 5.81. The number of benzene rings is 3. The summed E-state index contributed by atoms with van der Waals surface area (Å²) in [5, 5.41) is 18.2. The van der Waals surface area contributed by atoms with Crippen molar-refractivity contribution >= 4 is 6.08 Å². The van der Waals surface area contributed by atoms with Gasteiger partial charge in [-0.1, -0.05) is 42.5 Å². The van der Waals surface area contributed by atoms with Crippen molar-refractivity contribution < 1.29 is 15.1 Å². The Labute approximate surface area is 140 Å². The second-order valence-corrected chi connectivity index (χ2v) is 5.18. The van der Waals surface area contributed by atoms with Gasteiger partial charge in [-0.15, -0.1) is 0 Å². The molecule has 24 heavy (non-hydrogen) atoms. The van der Waals surface area contributed by atoms with Gasteiger partial charge in [-0.05, 0) is 47.5 Å². The fourth-order valence-corrected chi connectivity index (χ4v) is 2.24. The predicted octanol–water partition coefficient (Wildman–Crippen LogP) is 4.32. The van der Waals surface area contributed by atoms with Gasteiger partial charge in [0.25, 0.3) is 0 Å². The van der Waals surface area contributed by atoms with Crippen LogP contribution in [0.3, 0.4) is 0 Å². The Morgan fingerprint density at radius 3 is 1.75 bits per heavy atom. The highest BCUT2D eigenvalue weighted by Gasteiger charge is 2.01. The van der Waals surface area contributed by atoms with Crippen LogP contribution in [0.2, 0.25) is 0 Å². The summed E-state index contributed by atoms with van der Waals surface area (Å²) in [6.45, 7) is 0. The minimum atomic E-state index is 0.257. The lowest BCUT2D eigenvalue weighted by Gasteiger charge is -2.11. The Morgan fingerprint density at radius 1 is 0.667 bits per heavy atom. The van der Waals surface area contributed by atoms with E-state index in [-0.39, 0.29) is 11.5 Å². The Hall–Kier alpha value is -3.40. The molecule has 3 aromatic rings. The topological polar surface area (TPSA) is 61.7 Å². The first-order chi connectivity index (χ1) is 11.7. The van der Waals surface area contributed by atoms with E-state index >= 15 is 0 Å². The summed E-state index contributed by atoms with van der Waals surface area (Å²) in [6.07, 6.45) is 3.74. The molecular weight excluding hydrogens is 302 g/mol. The Balaban J connectivity index is 0.000000149. The zero-order valence-electron chi connectivity index (χ0n) is 12.9. The maximum Gasteiger partial charge on any atom is 0.162 e. The SMILES string of the molecule is C1=Cc2ccccc2ON1.Oc1ccc(-c2ccc(O)cc2)cc1. The zero-order chi connectivity index (χ0) is 16.8. The molecule has 0 aromatic heterocycles. The molecule has 0 saturated heterocycles. The second-order valence-electron chi connectivity index (χ2n) is 5.18. The van der Waals surface area contributed by atoms with Crippen molar-refractivity contribution in [3.63, 3.8) is 0 Å². The molecule has 0 saturated carbocycles. The lowest BCUT2D eigenvalue weighted by atomic mass is 10.1. The van der Waals surface area contributed by atoms with Crippen LogP contribution in [0, 0.1) is 0 Å². The third-order valence-electron chi connectivity index (χ3n) is 3.49. The van der Waals surface area contributed by atoms with Crippen molar-refractivity contribution in [2.45, 2.75) is 0 Å². The molecule has 0 unspecified atom stereocenters. The van der Waals surface area contributed by atoms with E-state index in [0.29, 0.717) is 0 Å². The van der Waals surface area contributed by atoms with Crippen molar-refractivity contribution in [1.82, 2.24) is 5.48 Å². The molecule has 1 aliphatic heterocycles. The molecule has 4 nitrogen and oxygen atoms in total. The molecule has 4 rings (SSSR count). The third kappa shape index (κ3) is 3.87. The number of fused-ring (bicyclic) bond motifs is 1. The molecule has 120 valence electrons. The fraction of sp³-hybridized carbons (Fsp3) is 0. The molecule has 0 atom stereocenters. The molecule has 0 aliphatic carbocycles. The normalized spacial score (nSPS) is 11.3. The predicted molar refractivity (Wildman–Crippen MR) is 94.4 cm³/mol. The molecule has 1 aliphatic rings. The molecule has 0 spiro atoms. The monoisotopic (exact) mass is 319 g/mol. The van der Waals surface area contributed by atoms with E-state index in [2.05, 4.69) is 5.48 Å². The number of phenolic OH excluding ortho intramolecular Hbond substituents is 2. The van der Waals surface area contributed by atoms with Crippen molar-refractivity contribution in [2.24, 2.45) is 0 Å². The van der Waals surface area contributed by atoms with Crippen LogP contribution < -0.4 is 10.3 Å². The molecule has 0 radical (unpaired) electrons. The van der Waals surface area contributed by atoms with E-state index in [1.807, 2.05) is 54.6 Å². The van der Waals surface area contributed by atoms with Crippen LogP contribution in [0.1, 0.15) is 5.56 Å². The smallest absolute Gasteiger partial charge is 0.162 e. The van der Waals surface area contributed by atoms with Gasteiger partial charge in [0.05, 0.1) is 0 Å². The molecule has 0 amide bonds. The van der Waals surface area contributed by atoms with E-state index in [9.17, 15) is 0 Å². The number of hydrogen-bond donors (Lipinski definition) is 3. The van der Waals surface area contributed by atoms with Crippen LogP contribution in [0.5, 0.6) is 17.2 Å². The van der Waals surface area contributed by atoms with Crippen LogP contribution in [0.4, 0.5) is 0 Å². The van der Waals surface area contributed by atoms with E-state index in [1.54, 1.807) is 30.5 Å². The van der Waals surface area contributed by atoms with E-state index < -0.39 is 0 Å². The van der Waals surface area contributed by atoms with Gasteiger partial charge in [-0.2, -0.15) is 0 Å². The molecule has 0 bridgehead atoms. The Bertz CT molecular complexity index is 781. The largest absolute Gasteiger partial charge is 0.508 e. The summed E-state index contributed by atoms with van der Waals surface area (Å²) < 4.78 is 0. The van der Waals surface area contributed by atoms with E-state index in [4.69, 9.17) is 15.1 Å². The molecule has 3 aromatic carbocycles. The lowest BCUT2D eigenvalue weighted by Crippen LogP contribution is -2.13. The number of hydrogen-bond acceptors (Lipinski definition) is 4. The first-order valence-electron chi connectivity index (χ1n) is 7.49. The summed E-state index contributed by atoms with van der Waals surface area (Å²) in [6, 6.07) is 21.8. The van der Waals surface area contributed by atoms with Gasteiger partial charge < -0.3 is 15.1 Å². The van der Waals surface area contributed by atoms with Gasteiger partial charge in [-0.3, -0.25) is 0 Å². The Kier molecular flexibility index (Phi) is 4.68. The van der Waals surface area contributed by atoms with Crippen molar-refractivity contribution in [1.29, 1.82) is 0 Å². The number of aromatic hydroxyl groups is 2. The minimum absolute atomic E-state index is 0.257. The van der Waals surface area contributed by atoms with Gasteiger partial charge in [0.15, 0.2) is 5.75 Å². The molecule has 1 heterocycles. The van der Waals surface area contributed by atoms with E-state index in [1.165, 1.54) is 0 Å². The average molecular weight is 319 g/mol. The van der Waals surface area contributed by atoms with Gasteiger partial charge in [0.2, 0.25) is 0 Å². The van der Waals surface area contributed by atoms with Gasteiger partial charge in [0.1, 0.15) is 11.5 Å². The first kappa shape index (κ1) is 15.5.